The number of nitrogens with zero attached hydrogens (tertiary/aromatic N) is 4. The summed E-state index contributed by atoms with van der Waals surface area (Å²) in [5, 5.41) is 15.9. The Morgan fingerprint density at radius 2 is 2.08 bits per heavy atom. The Bertz CT molecular complexity index is 646. The molecule has 0 aliphatic heterocycles. The van der Waals surface area contributed by atoms with E-state index in [0.29, 0.717) is 10.2 Å². The van der Waals surface area contributed by atoms with Crippen LogP contribution >= 0.6 is 23.4 Å². The molecule has 0 spiro atoms. The van der Waals surface area contributed by atoms with Crippen molar-refractivity contribution in [3.63, 3.8) is 0 Å². The first kappa shape index (κ1) is 18.7. The van der Waals surface area contributed by atoms with Crippen molar-refractivity contribution in [2.75, 3.05) is 5.75 Å². The molecule has 0 radical (unpaired) electrons. The van der Waals surface area contributed by atoms with Crippen LogP contribution in [-0.2, 0) is 4.79 Å². The van der Waals surface area contributed by atoms with Gasteiger partial charge in [-0.1, -0.05) is 49.5 Å². The van der Waals surface area contributed by atoms with Gasteiger partial charge in [0.1, 0.15) is 0 Å². The van der Waals surface area contributed by atoms with Crippen molar-refractivity contribution in [1.82, 2.24) is 25.5 Å². The predicted octanol–water partition coefficient (Wildman–Crippen LogP) is 3.49. The van der Waals surface area contributed by atoms with Crippen molar-refractivity contribution in [3.05, 3.63) is 29.3 Å². The lowest BCUT2D eigenvalue weighted by atomic mass is 10.1. The number of aromatic nitrogens is 4. The molecule has 130 valence electrons. The summed E-state index contributed by atoms with van der Waals surface area (Å²) in [6, 6.07) is 7.41. The average molecular weight is 368 g/mol. The minimum absolute atomic E-state index is 0.00495. The third-order valence-electron chi connectivity index (χ3n) is 3.49. The highest BCUT2D eigenvalue weighted by molar-refractivity contribution is 7.99. The molecule has 2 aromatic rings. The second-order valence-electron chi connectivity index (χ2n) is 5.60. The molecule has 0 aliphatic carbocycles. The molecule has 1 N–H and O–H groups in total. The number of carbonyl (C=O) groups excluding carboxylic acids is 1. The van der Waals surface area contributed by atoms with Crippen molar-refractivity contribution in [2.24, 2.45) is 0 Å². The third kappa shape index (κ3) is 5.79. The fraction of sp³-hybridized carbons (Fsp3) is 0.500. The van der Waals surface area contributed by atoms with Gasteiger partial charge >= 0.3 is 0 Å². The fourth-order valence-electron chi connectivity index (χ4n) is 2.23. The quantitative estimate of drug-likeness (QED) is 0.542. The Kier molecular flexibility index (Phi) is 7.52. The summed E-state index contributed by atoms with van der Waals surface area (Å²) < 4.78 is 1.60. The van der Waals surface area contributed by atoms with E-state index in [4.69, 9.17) is 11.6 Å². The van der Waals surface area contributed by atoms with Crippen molar-refractivity contribution in [1.29, 1.82) is 0 Å². The van der Waals surface area contributed by atoms with Gasteiger partial charge in [-0.05, 0) is 48.0 Å². The standard InChI is InChI=1S/C16H22ClN5OS/c1-3-4-5-6-12(2)18-15(23)11-24-16-19-20-21-22(16)14-9-7-13(17)8-10-14/h7-10,12H,3-6,11H2,1-2H3,(H,18,23)/t12-/m0/s1. The molecule has 2 rings (SSSR count). The first-order valence-corrected chi connectivity index (χ1v) is 9.43. The van der Waals surface area contributed by atoms with Crippen LogP contribution in [0, 0.1) is 0 Å². The van der Waals surface area contributed by atoms with Crippen LogP contribution in [0.15, 0.2) is 29.4 Å². The topological polar surface area (TPSA) is 72.7 Å². The van der Waals surface area contributed by atoms with E-state index in [-0.39, 0.29) is 17.7 Å². The Morgan fingerprint density at radius 3 is 2.79 bits per heavy atom. The smallest absolute Gasteiger partial charge is 0.230 e. The van der Waals surface area contributed by atoms with Gasteiger partial charge in [0.15, 0.2) is 0 Å². The van der Waals surface area contributed by atoms with Gasteiger partial charge in [-0.15, -0.1) is 5.10 Å². The molecule has 0 aliphatic rings. The number of hydrogen-bond donors (Lipinski definition) is 1. The number of tetrazole rings is 1. The summed E-state index contributed by atoms with van der Waals surface area (Å²) in [4.78, 5) is 12.0. The number of benzene rings is 1. The lowest BCUT2D eigenvalue weighted by molar-refractivity contribution is -0.119. The average Bonchev–Trinajstić information content (AvgIpc) is 3.02. The number of rotatable bonds is 9. The van der Waals surface area contributed by atoms with E-state index >= 15 is 0 Å². The van der Waals surface area contributed by atoms with Gasteiger partial charge in [-0.25, -0.2) is 0 Å². The Balaban J connectivity index is 1.85. The summed E-state index contributed by atoms with van der Waals surface area (Å²) >= 11 is 7.20. The lowest BCUT2D eigenvalue weighted by Crippen LogP contribution is -2.33. The maximum atomic E-state index is 12.0. The van der Waals surface area contributed by atoms with Crippen LogP contribution in [0.25, 0.3) is 5.69 Å². The molecule has 0 bridgehead atoms. The number of nitrogens with one attached hydrogen (secondary N) is 1. The Morgan fingerprint density at radius 1 is 1.33 bits per heavy atom. The minimum atomic E-state index is -0.00495. The monoisotopic (exact) mass is 367 g/mol. The zero-order chi connectivity index (χ0) is 17.4. The first-order chi connectivity index (χ1) is 11.6. The highest BCUT2D eigenvalue weighted by atomic mass is 35.5. The maximum Gasteiger partial charge on any atom is 0.230 e. The molecule has 6 nitrogen and oxygen atoms in total. The summed E-state index contributed by atoms with van der Waals surface area (Å²) in [6.45, 7) is 4.21. The fourth-order valence-corrected chi connectivity index (χ4v) is 3.06. The zero-order valence-corrected chi connectivity index (χ0v) is 15.5. The largest absolute Gasteiger partial charge is 0.353 e. The first-order valence-electron chi connectivity index (χ1n) is 8.06. The van der Waals surface area contributed by atoms with Gasteiger partial charge in [-0.3, -0.25) is 4.79 Å². The molecular weight excluding hydrogens is 346 g/mol. The molecule has 0 fully saturated rings. The van der Waals surface area contributed by atoms with E-state index in [1.807, 2.05) is 19.1 Å². The molecule has 24 heavy (non-hydrogen) atoms. The summed E-state index contributed by atoms with van der Waals surface area (Å²) in [5.41, 5.74) is 0.806. The predicted molar refractivity (Wildman–Crippen MR) is 96.6 cm³/mol. The van der Waals surface area contributed by atoms with Gasteiger partial charge in [0, 0.05) is 11.1 Å². The number of hydrogen-bond acceptors (Lipinski definition) is 5. The molecule has 1 heterocycles. The van der Waals surface area contributed by atoms with Gasteiger partial charge in [-0.2, -0.15) is 4.68 Å². The number of unbranched alkanes of at least 4 members (excludes halogenated alkanes) is 2. The van der Waals surface area contributed by atoms with Crippen LogP contribution < -0.4 is 5.32 Å². The minimum Gasteiger partial charge on any atom is -0.353 e. The molecule has 0 unspecified atom stereocenters. The molecular formula is C16H22ClN5OS. The number of carbonyl (C=O) groups is 1. The molecule has 0 saturated heterocycles. The lowest BCUT2D eigenvalue weighted by Gasteiger charge is -2.13. The van der Waals surface area contributed by atoms with Crippen LogP contribution in [0.2, 0.25) is 5.02 Å². The van der Waals surface area contributed by atoms with E-state index in [0.717, 1.165) is 18.5 Å². The highest BCUT2D eigenvalue weighted by Gasteiger charge is 2.13. The second-order valence-corrected chi connectivity index (χ2v) is 6.98. The number of amides is 1. The van der Waals surface area contributed by atoms with Crippen molar-refractivity contribution in [2.45, 2.75) is 50.7 Å². The van der Waals surface area contributed by atoms with Crippen molar-refractivity contribution >= 4 is 29.3 Å². The zero-order valence-electron chi connectivity index (χ0n) is 13.9. The van der Waals surface area contributed by atoms with E-state index < -0.39 is 0 Å². The van der Waals surface area contributed by atoms with E-state index in [1.165, 1.54) is 24.6 Å². The van der Waals surface area contributed by atoms with Crippen LogP contribution in [0.4, 0.5) is 0 Å². The van der Waals surface area contributed by atoms with E-state index in [1.54, 1.807) is 16.8 Å². The molecule has 1 aromatic carbocycles. The van der Waals surface area contributed by atoms with Crippen LogP contribution in [0.5, 0.6) is 0 Å². The molecule has 8 heteroatoms. The van der Waals surface area contributed by atoms with Gasteiger partial charge < -0.3 is 5.32 Å². The van der Waals surface area contributed by atoms with Crippen molar-refractivity contribution in [3.8, 4) is 5.69 Å². The van der Waals surface area contributed by atoms with Gasteiger partial charge in [0.2, 0.25) is 11.1 Å². The maximum absolute atomic E-state index is 12.0. The molecule has 1 amide bonds. The van der Waals surface area contributed by atoms with Crippen LogP contribution in [0.1, 0.15) is 39.5 Å². The van der Waals surface area contributed by atoms with Crippen molar-refractivity contribution < 1.29 is 4.79 Å². The number of thioether (sulfide) groups is 1. The van der Waals surface area contributed by atoms with Crippen LogP contribution in [-0.4, -0.2) is 37.9 Å². The molecule has 1 atom stereocenters. The second kappa shape index (κ2) is 9.64. The van der Waals surface area contributed by atoms with Gasteiger partial charge in [0.05, 0.1) is 11.4 Å². The van der Waals surface area contributed by atoms with E-state index in [9.17, 15) is 4.79 Å². The van der Waals surface area contributed by atoms with Gasteiger partial charge in [0.25, 0.3) is 0 Å². The summed E-state index contributed by atoms with van der Waals surface area (Å²) in [6.07, 6.45) is 4.53. The summed E-state index contributed by atoms with van der Waals surface area (Å²) in [7, 11) is 0. The molecule has 0 saturated carbocycles. The number of halogens is 1. The van der Waals surface area contributed by atoms with Crippen LogP contribution in [0.3, 0.4) is 0 Å². The highest BCUT2D eigenvalue weighted by Crippen LogP contribution is 2.19. The SMILES string of the molecule is CCCCC[C@H](C)NC(=O)CSc1nnnn1-c1ccc(Cl)cc1. The summed E-state index contributed by atoms with van der Waals surface area (Å²) in [5.74, 6) is 0.279. The Labute approximate surface area is 151 Å². The Hall–Kier alpha value is -1.60. The molecule has 1 aromatic heterocycles. The normalized spacial score (nSPS) is 12.1. The third-order valence-corrected chi connectivity index (χ3v) is 4.66. The van der Waals surface area contributed by atoms with E-state index in [2.05, 4.69) is 27.8 Å².